The SMILES string of the molecule is C#CCC(C)NCc1c(Cl)cccc1Cl. The molecule has 1 atom stereocenters. The summed E-state index contributed by atoms with van der Waals surface area (Å²) < 4.78 is 0. The van der Waals surface area contributed by atoms with Crippen LogP contribution in [-0.2, 0) is 6.54 Å². The number of nitrogens with one attached hydrogen (secondary N) is 1. The Balaban J connectivity index is 2.62. The average Bonchev–Trinajstić information content (AvgIpc) is 2.17. The first kappa shape index (κ1) is 12.4. The summed E-state index contributed by atoms with van der Waals surface area (Å²) in [5.41, 5.74) is 0.921. The first-order valence-electron chi connectivity index (χ1n) is 4.75. The Morgan fingerprint density at radius 2 is 2.00 bits per heavy atom. The molecule has 3 heteroatoms. The van der Waals surface area contributed by atoms with Gasteiger partial charge in [-0.1, -0.05) is 29.3 Å². The molecule has 0 saturated heterocycles. The zero-order valence-corrected chi connectivity index (χ0v) is 10.1. The lowest BCUT2D eigenvalue weighted by atomic mass is 10.2. The lowest BCUT2D eigenvalue weighted by molar-refractivity contribution is 0.559. The van der Waals surface area contributed by atoms with Crippen LogP contribution in [0.5, 0.6) is 0 Å². The first-order chi connectivity index (χ1) is 7.15. The summed E-state index contributed by atoms with van der Waals surface area (Å²) in [4.78, 5) is 0. The standard InChI is InChI=1S/C12H13Cl2N/c1-3-5-9(2)15-8-10-11(13)6-4-7-12(10)14/h1,4,6-7,9,15H,5,8H2,2H3. The van der Waals surface area contributed by atoms with Crippen molar-refractivity contribution in [1.82, 2.24) is 5.32 Å². The van der Waals surface area contributed by atoms with E-state index >= 15 is 0 Å². The molecule has 1 aromatic carbocycles. The first-order valence-corrected chi connectivity index (χ1v) is 5.50. The number of rotatable bonds is 4. The molecule has 0 amide bonds. The molecule has 0 bridgehead atoms. The van der Waals surface area contributed by atoms with E-state index in [0.717, 1.165) is 5.56 Å². The summed E-state index contributed by atoms with van der Waals surface area (Å²) >= 11 is 12.1. The lowest BCUT2D eigenvalue weighted by Crippen LogP contribution is -2.25. The predicted molar refractivity (Wildman–Crippen MR) is 66.2 cm³/mol. The molecule has 15 heavy (non-hydrogen) atoms. The Morgan fingerprint density at radius 1 is 1.40 bits per heavy atom. The van der Waals surface area contributed by atoms with Crippen molar-refractivity contribution in [3.63, 3.8) is 0 Å². The molecule has 1 nitrogen and oxygen atoms in total. The van der Waals surface area contributed by atoms with Crippen molar-refractivity contribution in [3.8, 4) is 12.3 Å². The average molecular weight is 242 g/mol. The second-order valence-corrected chi connectivity index (χ2v) is 4.20. The topological polar surface area (TPSA) is 12.0 Å². The molecule has 0 saturated carbocycles. The van der Waals surface area contributed by atoms with Gasteiger partial charge < -0.3 is 5.32 Å². The van der Waals surface area contributed by atoms with E-state index in [1.165, 1.54) is 0 Å². The molecular formula is C12H13Cl2N. The van der Waals surface area contributed by atoms with Crippen LogP contribution >= 0.6 is 23.2 Å². The smallest absolute Gasteiger partial charge is 0.0465 e. The van der Waals surface area contributed by atoms with E-state index in [1.807, 2.05) is 25.1 Å². The van der Waals surface area contributed by atoms with Gasteiger partial charge >= 0.3 is 0 Å². The molecule has 1 rings (SSSR count). The molecule has 0 aromatic heterocycles. The van der Waals surface area contributed by atoms with E-state index in [-0.39, 0.29) is 6.04 Å². The molecule has 0 aliphatic carbocycles. The minimum atomic E-state index is 0.266. The Bertz CT molecular complexity index is 348. The van der Waals surface area contributed by atoms with Gasteiger partial charge in [-0.05, 0) is 19.1 Å². The van der Waals surface area contributed by atoms with E-state index < -0.39 is 0 Å². The fourth-order valence-electron chi connectivity index (χ4n) is 1.23. The monoisotopic (exact) mass is 241 g/mol. The normalized spacial score (nSPS) is 12.1. The second-order valence-electron chi connectivity index (χ2n) is 3.39. The molecule has 0 spiro atoms. The highest BCUT2D eigenvalue weighted by Crippen LogP contribution is 2.23. The van der Waals surface area contributed by atoms with Gasteiger partial charge in [0.15, 0.2) is 0 Å². The van der Waals surface area contributed by atoms with Gasteiger partial charge in [-0.15, -0.1) is 12.3 Å². The molecule has 0 radical (unpaired) electrons. The van der Waals surface area contributed by atoms with E-state index in [4.69, 9.17) is 29.6 Å². The minimum absolute atomic E-state index is 0.266. The summed E-state index contributed by atoms with van der Waals surface area (Å²) in [5, 5.41) is 4.64. The van der Waals surface area contributed by atoms with E-state index in [9.17, 15) is 0 Å². The molecule has 0 aliphatic rings. The number of halogens is 2. The van der Waals surface area contributed by atoms with Gasteiger partial charge in [-0.2, -0.15) is 0 Å². The third-order valence-electron chi connectivity index (χ3n) is 2.11. The van der Waals surface area contributed by atoms with Crippen molar-refractivity contribution in [1.29, 1.82) is 0 Å². The minimum Gasteiger partial charge on any atom is -0.309 e. The molecule has 1 unspecified atom stereocenters. The number of terminal acetylenes is 1. The zero-order chi connectivity index (χ0) is 11.3. The van der Waals surface area contributed by atoms with Crippen molar-refractivity contribution in [2.24, 2.45) is 0 Å². The van der Waals surface area contributed by atoms with Crippen molar-refractivity contribution < 1.29 is 0 Å². The van der Waals surface area contributed by atoms with Crippen LogP contribution in [0.1, 0.15) is 18.9 Å². The maximum atomic E-state index is 6.03. The maximum Gasteiger partial charge on any atom is 0.0465 e. The zero-order valence-electron chi connectivity index (χ0n) is 8.56. The molecular weight excluding hydrogens is 229 g/mol. The summed E-state index contributed by atoms with van der Waals surface area (Å²) in [6.45, 7) is 2.67. The molecule has 1 aromatic rings. The van der Waals surface area contributed by atoms with Crippen LogP contribution in [0.15, 0.2) is 18.2 Å². The third kappa shape index (κ3) is 3.76. The fourth-order valence-corrected chi connectivity index (χ4v) is 1.76. The van der Waals surface area contributed by atoms with Crippen molar-refractivity contribution >= 4 is 23.2 Å². The summed E-state index contributed by atoms with van der Waals surface area (Å²) in [5.74, 6) is 2.60. The van der Waals surface area contributed by atoms with Gasteiger partial charge in [0.2, 0.25) is 0 Å². The molecule has 1 N–H and O–H groups in total. The van der Waals surface area contributed by atoms with Crippen LogP contribution in [0, 0.1) is 12.3 Å². The van der Waals surface area contributed by atoms with Crippen LogP contribution in [-0.4, -0.2) is 6.04 Å². The molecule has 0 aliphatic heterocycles. The van der Waals surface area contributed by atoms with E-state index in [1.54, 1.807) is 0 Å². The van der Waals surface area contributed by atoms with Crippen LogP contribution in [0.25, 0.3) is 0 Å². The largest absolute Gasteiger partial charge is 0.309 e. The summed E-state index contributed by atoms with van der Waals surface area (Å²) in [7, 11) is 0. The van der Waals surface area contributed by atoms with Gasteiger partial charge in [0.25, 0.3) is 0 Å². The summed E-state index contributed by atoms with van der Waals surface area (Å²) in [6, 6.07) is 5.76. The fraction of sp³-hybridized carbons (Fsp3) is 0.333. The lowest BCUT2D eigenvalue weighted by Gasteiger charge is -2.12. The van der Waals surface area contributed by atoms with Gasteiger partial charge in [-0.25, -0.2) is 0 Å². The number of hydrogen-bond donors (Lipinski definition) is 1. The Kier molecular flexibility index (Phi) is 4.98. The van der Waals surface area contributed by atoms with Gasteiger partial charge in [-0.3, -0.25) is 0 Å². The van der Waals surface area contributed by atoms with E-state index in [0.29, 0.717) is 23.0 Å². The molecule has 0 heterocycles. The maximum absolute atomic E-state index is 6.03. The molecule has 0 fully saturated rings. The number of hydrogen-bond acceptors (Lipinski definition) is 1. The van der Waals surface area contributed by atoms with Crippen molar-refractivity contribution in [2.75, 3.05) is 0 Å². The van der Waals surface area contributed by atoms with Gasteiger partial charge in [0.1, 0.15) is 0 Å². The van der Waals surface area contributed by atoms with E-state index in [2.05, 4.69) is 11.2 Å². The Hall–Kier alpha value is -0.680. The second kappa shape index (κ2) is 6.02. The quantitative estimate of drug-likeness (QED) is 0.797. The summed E-state index contributed by atoms with van der Waals surface area (Å²) in [6.07, 6.45) is 5.91. The highest BCUT2D eigenvalue weighted by atomic mass is 35.5. The van der Waals surface area contributed by atoms with Crippen LogP contribution < -0.4 is 5.32 Å². The Labute approximate surface area is 101 Å². The van der Waals surface area contributed by atoms with Crippen LogP contribution in [0.4, 0.5) is 0 Å². The molecule has 80 valence electrons. The highest BCUT2D eigenvalue weighted by Gasteiger charge is 2.06. The van der Waals surface area contributed by atoms with Crippen LogP contribution in [0.2, 0.25) is 10.0 Å². The third-order valence-corrected chi connectivity index (χ3v) is 2.82. The predicted octanol–water partition coefficient (Wildman–Crippen LogP) is 3.49. The highest BCUT2D eigenvalue weighted by molar-refractivity contribution is 6.35. The van der Waals surface area contributed by atoms with Crippen molar-refractivity contribution in [3.05, 3.63) is 33.8 Å². The van der Waals surface area contributed by atoms with Crippen LogP contribution in [0.3, 0.4) is 0 Å². The van der Waals surface area contributed by atoms with Gasteiger partial charge in [0.05, 0.1) is 0 Å². The Morgan fingerprint density at radius 3 is 2.53 bits per heavy atom. The van der Waals surface area contributed by atoms with Gasteiger partial charge in [0, 0.05) is 34.6 Å². The number of benzene rings is 1. The van der Waals surface area contributed by atoms with Crippen molar-refractivity contribution in [2.45, 2.75) is 25.9 Å².